The number of nitrogens with zero attached hydrogens (tertiary/aromatic N) is 3. The van der Waals surface area contributed by atoms with Crippen molar-refractivity contribution in [1.29, 1.82) is 0 Å². The third-order valence-corrected chi connectivity index (χ3v) is 3.08. The second-order valence-electron chi connectivity index (χ2n) is 4.30. The van der Waals surface area contributed by atoms with Gasteiger partial charge < -0.3 is 10.6 Å². The fourth-order valence-corrected chi connectivity index (χ4v) is 2.16. The van der Waals surface area contributed by atoms with E-state index in [4.69, 9.17) is 0 Å². The molecule has 3 rings (SSSR count). The number of carbonyl (C=O) groups excluding carboxylic acids is 1. The molecule has 0 aromatic carbocycles. The first-order chi connectivity index (χ1) is 9.34. The van der Waals surface area contributed by atoms with Crippen LogP contribution in [-0.2, 0) is 13.0 Å². The molecule has 0 radical (unpaired) electrons. The van der Waals surface area contributed by atoms with Crippen LogP contribution in [0.1, 0.15) is 21.5 Å². The van der Waals surface area contributed by atoms with Gasteiger partial charge in [0, 0.05) is 25.1 Å². The maximum Gasteiger partial charge on any atom is 0.258 e. The lowest BCUT2D eigenvalue weighted by molar-refractivity contribution is 0.102. The molecule has 0 unspecified atom stereocenters. The van der Waals surface area contributed by atoms with Gasteiger partial charge >= 0.3 is 0 Å². The Kier molecular flexibility index (Phi) is 3.16. The third kappa shape index (κ3) is 2.43. The van der Waals surface area contributed by atoms with Gasteiger partial charge in [0.25, 0.3) is 5.91 Å². The van der Waals surface area contributed by atoms with E-state index in [0.29, 0.717) is 11.4 Å². The highest BCUT2D eigenvalue weighted by atomic mass is 16.1. The Morgan fingerprint density at radius 2 is 2.26 bits per heavy atom. The average molecular weight is 255 g/mol. The molecule has 6 nitrogen and oxygen atoms in total. The molecule has 1 aliphatic heterocycles. The first kappa shape index (κ1) is 11.7. The van der Waals surface area contributed by atoms with Gasteiger partial charge in [0.2, 0.25) is 0 Å². The van der Waals surface area contributed by atoms with E-state index >= 15 is 0 Å². The van der Waals surface area contributed by atoms with Gasteiger partial charge in [-0.3, -0.25) is 9.78 Å². The van der Waals surface area contributed by atoms with E-state index in [1.54, 1.807) is 18.5 Å². The Morgan fingerprint density at radius 3 is 3.11 bits per heavy atom. The molecule has 0 fully saturated rings. The summed E-state index contributed by atoms with van der Waals surface area (Å²) in [6.07, 6.45) is 7.25. The first-order valence-corrected chi connectivity index (χ1v) is 6.08. The van der Waals surface area contributed by atoms with Crippen LogP contribution in [-0.4, -0.2) is 27.4 Å². The Bertz CT molecular complexity index is 599. The fourth-order valence-electron chi connectivity index (χ4n) is 2.16. The summed E-state index contributed by atoms with van der Waals surface area (Å²) in [5.74, 6) is 0.316. The first-order valence-electron chi connectivity index (χ1n) is 6.08. The van der Waals surface area contributed by atoms with Gasteiger partial charge in [-0.2, -0.15) is 0 Å². The summed E-state index contributed by atoms with van der Waals surface area (Å²) in [5, 5.41) is 6.02. The van der Waals surface area contributed by atoms with Crippen LogP contribution in [0.25, 0.3) is 0 Å². The number of amides is 1. The lowest BCUT2D eigenvalue weighted by atomic mass is 9.98. The zero-order chi connectivity index (χ0) is 13.1. The minimum Gasteiger partial charge on any atom is -0.312 e. The SMILES string of the molecule is O=C(Nc1ccncn1)c1cncc2c1CCNC2. The maximum atomic E-state index is 12.3. The van der Waals surface area contributed by atoms with Crippen molar-refractivity contribution < 1.29 is 4.79 Å². The van der Waals surface area contributed by atoms with Crippen molar-refractivity contribution in [3.05, 3.63) is 47.7 Å². The lowest BCUT2D eigenvalue weighted by Gasteiger charge is -2.19. The molecule has 96 valence electrons. The summed E-state index contributed by atoms with van der Waals surface area (Å²) >= 11 is 0. The summed E-state index contributed by atoms with van der Waals surface area (Å²) in [6.45, 7) is 1.64. The minimum absolute atomic E-state index is 0.176. The molecule has 0 saturated carbocycles. The molecule has 1 amide bonds. The molecular weight excluding hydrogens is 242 g/mol. The van der Waals surface area contributed by atoms with E-state index in [1.807, 2.05) is 6.20 Å². The molecule has 6 heteroatoms. The van der Waals surface area contributed by atoms with Crippen molar-refractivity contribution in [2.75, 3.05) is 11.9 Å². The molecule has 3 heterocycles. The molecule has 2 aromatic rings. The zero-order valence-electron chi connectivity index (χ0n) is 10.3. The monoisotopic (exact) mass is 255 g/mol. The lowest BCUT2D eigenvalue weighted by Crippen LogP contribution is -2.27. The highest BCUT2D eigenvalue weighted by molar-refractivity contribution is 6.04. The van der Waals surface area contributed by atoms with Crippen molar-refractivity contribution >= 4 is 11.7 Å². The van der Waals surface area contributed by atoms with Crippen molar-refractivity contribution in [1.82, 2.24) is 20.3 Å². The van der Waals surface area contributed by atoms with Crippen molar-refractivity contribution in [2.24, 2.45) is 0 Å². The van der Waals surface area contributed by atoms with E-state index in [0.717, 1.165) is 30.6 Å². The predicted molar refractivity (Wildman–Crippen MR) is 69.6 cm³/mol. The van der Waals surface area contributed by atoms with Gasteiger partial charge in [-0.1, -0.05) is 0 Å². The zero-order valence-corrected chi connectivity index (χ0v) is 10.3. The second-order valence-corrected chi connectivity index (χ2v) is 4.30. The fraction of sp³-hybridized carbons (Fsp3) is 0.231. The highest BCUT2D eigenvalue weighted by Crippen LogP contribution is 2.18. The molecule has 0 atom stereocenters. The van der Waals surface area contributed by atoms with Crippen LogP contribution < -0.4 is 10.6 Å². The van der Waals surface area contributed by atoms with Gasteiger partial charge in [-0.05, 0) is 30.2 Å². The van der Waals surface area contributed by atoms with E-state index < -0.39 is 0 Å². The maximum absolute atomic E-state index is 12.3. The molecule has 0 spiro atoms. The number of hydrogen-bond acceptors (Lipinski definition) is 5. The summed E-state index contributed by atoms with van der Waals surface area (Å²) in [5.41, 5.74) is 2.78. The van der Waals surface area contributed by atoms with Crippen molar-refractivity contribution in [2.45, 2.75) is 13.0 Å². The van der Waals surface area contributed by atoms with Crippen LogP contribution in [0.4, 0.5) is 5.82 Å². The van der Waals surface area contributed by atoms with Gasteiger partial charge in [-0.25, -0.2) is 9.97 Å². The Morgan fingerprint density at radius 1 is 1.32 bits per heavy atom. The van der Waals surface area contributed by atoms with Crippen LogP contribution in [0.5, 0.6) is 0 Å². The second kappa shape index (κ2) is 5.11. The third-order valence-electron chi connectivity index (χ3n) is 3.08. The van der Waals surface area contributed by atoms with E-state index in [-0.39, 0.29) is 5.91 Å². The molecule has 19 heavy (non-hydrogen) atoms. The minimum atomic E-state index is -0.176. The Balaban J connectivity index is 1.88. The van der Waals surface area contributed by atoms with E-state index in [2.05, 4.69) is 25.6 Å². The number of rotatable bonds is 2. The Labute approximate surface area is 110 Å². The van der Waals surface area contributed by atoms with Crippen molar-refractivity contribution in [3.63, 3.8) is 0 Å². The van der Waals surface area contributed by atoms with Crippen LogP contribution >= 0.6 is 0 Å². The number of hydrogen-bond donors (Lipinski definition) is 2. The Hall–Kier alpha value is -2.34. The summed E-state index contributed by atoms with van der Waals surface area (Å²) < 4.78 is 0. The molecule has 2 aromatic heterocycles. The topological polar surface area (TPSA) is 79.8 Å². The van der Waals surface area contributed by atoms with Crippen molar-refractivity contribution in [3.8, 4) is 0 Å². The molecule has 0 bridgehead atoms. The molecular formula is C13H13N5O. The van der Waals surface area contributed by atoms with Crippen LogP contribution in [0, 0.1) is 0 Å². The summed E-state index contributed by atoms with van der Waals surface area (Å²) in [4.78, 5) is 24.2. The van der Waals surface area contributed by atoms with Gasteiger partial charge in [0.1, 0.15) is 12.1 Å². The van der Waals surface area contributed by atoms with Gasteiger partial charge in [0.15, 0.2) is 0 Å². The number of aromatic nitrogens is 3. The van der Waals surface area contributed by atoms with Crippen LogP contribution in [0.15, 0.2) is 31.0 Å². The smallest absolute Gasteiger partial charge is 0.258 e. The number of pyridine rings is 1. The van der Waals surface area contributed by atoms with Crippen LogP contribution in [0.3, 0.4) is 0 Å². The quantitative estimate of drug-likeness (QED) is 0.828. The molecule has 0 saturated heterocycles. The number of fused-ring (bicyclic) bond motifs is 1. The van der Waals surface area contributed by atoms with Gasteiger partial charge in [-0.15, -0.1) is 0 Å². The summed E-state index contributed by atoms with van der Waals surface area (Å²) in [6, 6.07) is 1.66. The van der Waals surface area contributed by atoms with Crippen LogP contribution in [0.2, 0.25) is 0 Å². The van der Waals surface area contributed by atoms with E-state index in [1.165, 1.54) is 6.33 Å². The molecule has 2 N–H and O–H groups in total. The number of nitrogens with one attached hydrogen (secondary N) is 2. The predicted octanol–water partition coefficient (Wildman–Crippen LogP) is 0.770. The summed E-state index contributed by atoms with van der Waals surface area (Å²) in [7, 11) is 0. The van der Waals surface area contributed by atoms with Gasteiger partial charge in [0.05, 0.1) is 5.56 Å². The van der Waals surface area contributed by atoms with E-state index in [9.17, 15) is 4.79 Å². The largest absolute Gasteiger partial charge is 0.312 e. The highest BCUT2D eigenvalue weighted by Gasteiger charge is 2.18. The number of carbonyl (C=O) groups is 1. The molecule has 0 aliphatic carbocycles. The average Bonchev–Trinajstić information content (AvgIpc) is 2.47. The normalized spacial score (nSPS) is 13.7. The number of anilines is 1. The standard InChI is InChI=1S/C13H13N5O/c19-13(18-12-2-4-15-8-17-12)11-7-16-6-9-5-14-3-1-10(9)11/h2,4,6-8,14H,1,3,5H2,(H,15,17,18,19). The molecule has 1 aliphatic rings.